The first-order valence-corrected chi connectivity index (χ1v) is 10.7. The summed E-state index contributed by atoms with van der Waals surface area (Å²) in [5.41, 5.74) is 1.77. The minimum atomic E-state index is -0.448. The highest BCUT2D eigenvalue weighted by Crippen LogP contribution is 2.28. The van der Waals surface area contributed by atoms with Crippen LogP contribution in [0.5, 0.6) is 5.75 Å². The molecule has 3 aromatic rings. The summed E-state index contributed by atoms with van der Waals surface area (Å²) in [4.78, 5) is 29.1. The second kappa shape index (κ2) is 9.72. The Kier molecular flexibility index (Phi) is 6.58. The third-order valence-electron chi connectivity index (χ3n) is 5.65. The number of halogens is 1. The molecule has 1 amide bonds. The number of nitrogens with one attached hydrogen (secondary N) is 1. The summed E-state index contributed by atoms with van der Waals surface area (Å²) in [6.45, 7) is 4.45. The molecule has 172 valence electrons. The fourth-order valence-corrected chi connectivity index (χ4v) is 3.84. The summed E-state index contributed by atoms with van der Waals surface area (Å²) >= 11 is 0. The van der Waals surface area contributed by atoms with E-state index in [9.17, 15) is 14.0 Å². The standard InChI is InChI=1S/C24H26FN5O3/c1-17-7-8-18(25)15-19(17)26-23(31)16-30-24(32)10-9-22(27-30)29-13-11-28(12-14-29)20-5-3-4-6-21(20)33-2/h3-10,15H,11-14,16H2,1-2H3,(H,26,31). The van der Waals surface area contributed by atoms with Gasteiger partial charge >= 0.3 is 0 Å². The van der Waals surface area contributed by atoms with Gasteiger partial charge in [-0.05, 0) is 42.8 Å². The second-order valence-electron chi connectivity index (χ2n) is 7.84. The van der Waals surface area contributed by atoms with Gasteiger partial charge in [0, 0.05) is 37.9 Å². The highest BCUT2D eigenvalue weighted by molar-refractivity contribution is 5.91. The highest BCUT2D eigenvalue weighted by Gasteiger charge is 2.21. The summed E-state index contributed by atoms with van der Waals surface area (Å²) in [6, 6.07) is 15.1. The smallest absolute Gasteiger partial charge is 0.267 e. The topological polar surface area (TPSA) is 79.7 Å². The van der Waals surface area contributed by atoms with Crippen molar-refractivity contribution in [3.05, 3.63) is 76.3 Å². The van der Waals surface area contributed by atoms with Crippen molar-refractivity contribution in [1.29, 1.82) is 0 Å². The van der Waals surface area contributed by atoms with Crippen LogP contribution >= 0.6 is 0 Å². The summed E-state index contributed by atoms with van der Waals surface area (Å²) in [7, 11) is 1.66. The number of ether oxygens (including phenoxy) is 1. The monoisotopic (exact) mass is 451 g/mol. The number of methoxy groups -OCH3 is 1. The van der Waals surface area contributed by atoms with Crippen LogP contribution in [-0.2, 0) is 11.3 Å². The number of hydrogen-bond acceptors (Lipinski definition) is 6. The molecule has 0 saturated carbocycles. The normalized spacial score (nSPS) is 13.7. The molecule has 2 aromatic carbocycles. The lowest BCUT2D eigenvalue weighted by Gasteiger charge is -2.37. The number of amides is 1. The minimum Gasteiger partial charge on any atom is -0.495 e. The second-order valence-corrected chi connectivity index (χ2v) is 7.84. The van der Waals surface area contributed by atoms with E-state index in [4.69, 9.17) is 4.74 Å². The fourth-order valence-electron chi connectivity index (χ4n) is 3.84. The van der Waals surface area contributed by atoms with Gasteiger partial charge in [0.25, 0.3) is 5.56 Å². The molecule has 0 aliphatic carbocycles. The minimum absolute atomic E-state index is 0.260. The number of aromatic nitrogens is 2. The van der Waals surface area contributed by atoms with Crippen molar-refractivity contribution in [3.63, 3.8) is 0 Å². The lowest BCUT2D eigenvalue weighted by molar-refractivity contribution is -0.117. The van der Waals surface area contributed by atoms with Gasteiger partial charge in [-0.15, -0.1) is 0 Å². The molecule has 4 rings (SSSR count). The average Bonchev–Trinajstić information content (AvgIpc) is 2.83. The van der Waals surface area contributed by atoms with Crippen LogP contribution in [0, 0.1) is 12.7 Å². The molecule has 1 aromatic heterocycles. The van der Waals surface area contributed by atoms with Crippen molar-refractivity contribution in [2.75, 3.05) is 48.4 Å². The molecule has 1 fully saturated rings. The molecule has 33 heavy (non-hydrogen) atoms. The Labute approximate surface area is 191 Å². The molecule has 0 bridgehead atoms. The molecular weight excluding hydrogens is 425 g/mol. The molecule has 1 N–H and O–H groups in total. The van der Waals surface area contributed by atoms with E-state index in [2.05, 4.69) is 20.2 Å². The zero-order valence-electron chi connectivity index (χ0n) is 18.6. The molecule has 1 aliphatic heterocycles. The van der Waals surface area contributed by atoms with Crippen LogP contribution in [-0.4, -0.2) is 49.0 Å². The number of anilines is 3. The molecule has 1 aliphatic rings. The van der Waals surface area contributed by atoms with E-state index in [1.165, 1.54) is 18.2 Å². The van der Waals surface area contributed by atoms with Gasteiger partial charge in [-0.1, -0.05) is 18.2 Å². The quantitative estimate of drug-likeness (QED) is 0.621. The number of para-hydroxylation sites is 2. The van der Waals surface area contributed by atoms with Gasteiger partial charge in [0.15, 0.2) is 0 Å². The number of carbonyl (C=O) groups is 1. The first-order valence-electron chi connectivity index (χ1n) is 10.7. The van der Waals surface area contributed by atoms with Crippen LogP contribution in [0.15, 0.2) is 59.4 Å². The first-order chi connectivity index (χ1) is 15.9. The van der Waals surface area contributed by atoms with Gasteiger partial charge in [-0.25, -0.2) is 9.07 Å². The Morgan fingerprint density at radius 2 is 1.79 bits per heavy atom. The largest absolute Gasteiger partial charge is 0.495 e. The van der Waals surface area contributed by atoms with Crippen LogP contribution in [0.25, 0.3) is 0 Å². The number of aryl methyl sites for hydroxylation is 1. The van der Waals surface area contributed by atoms with E-state index >= 15 is 0 Å². The Hall–Kier alpha value is -3.88. The van der Waals surface area contributed by atoms with Gasteiger partial charge in [-0.3, -0.25) is 9.59 Å². The van der Waals surface area contributed by atoms with E-state index in [1.807, 2.05) is 24.3 Å². The van der Waals surface area contributed by atoms with Crippen molar-refractivity contribution in [1.82, 2.24) is 9.78 Å². The van der Waals surface area contributed by atoms with Gasteiger partial charge in [0.05, 0.1) is 12.8 Å². The third kappa shape index (κ3) is 5.14. The van der Waals surface area contributed by atoms with E-state index in [0.717, 1.165) is 34.8 Å². The number of benzene rings is 2. The molecule has 0 unspecified atom stereocenters. The van der Waals surface area contributed by atoms with Crippen LogP contribution in [0.4, 0.5) is 21.6 Å². The van der Waals surface area contributed by atoms with Crippen molar-refractivity contribution in [2.24, 2.45) is 0 Å². The highest BCUT2D eigenvalue weighted by atomic mass is 19.1. The Morgan fingerprint density at radius 1 is 1.06 bits per heavy atom. The lowest BCUT2D eigenvalue weighted by Crippen LogP contribution is -2.47. The van der Waals surface area contributed by atoms with E-state index in [1.54, 1.807) is 26.2 Å². The zero-order chi connectivity index (χ0) is 23.4. The third-order valence-corrected chi connectivity index (χ3v) is 5.65. The SMILES string of the molecule is COc1ccccc1N1CCN(c2ccc(=O)n(CC(=O)Nc3cc(F)ccc3C)n2)CC1. The van der Waals surface area contributed by atoms with Crippen molar-refractivity contribution in [3.8, 4) is 5.75 Å². The Bertz CT molecular complexity index is 1200. The molecule has 9 heteroatoms. The van der Waals surface area contributed by atoms with Crippen LogP contribution in [0.3, 0.4) is 0 Å². The number of hydrogen-bond donors (Lipinski definition) is 1. The van der Waals surface area contributed by atoms with Crippen molar-refractivity contribution >= 4 is 23.1 Å². The first kappa shape index (κ1) is 22.3. The summed E-state index contributed by atoms with van der Waals surface area (Å²) in [5, 5.41) is 7.05. The van der Waals surface area contributed by atoms with Crippen LogP contribution in [0.1, 0.15) is 5.56 Å². The molecule has 2 heterocycles. The maximum absolute atomic E-state index is 13.5. The predicted molar refractivity (Wildman–Crippen MR) is 126 cm³/mol. The number of piperazine rings is 1. The fraction of sp³-hybridized carbons (Fsp3) is 0.292. The van der Waals surface area contributed by atoms with Crippen molar-refractivity contribution in [2.45, 2.75) is 13.5 Å². The Balaban J connectivity index is 1.43. The maximum atomic E-state index is 13.5. The van der Waals surface area contributed by atoms with Gasteiger partial charge in [-0.2, -0.15) is 5.10 Å². The molecule has 0 spiro atoms. The summed E-state index contributed by atoms with van der Waals surface area (Å²) in [5.74, 6) is 0.568. The van der Waals surface area contributed by atoms with Gasteiger partial charge in [0.1, 0.15) is 23.9 Å². The predicted octanol–water partition coefficient (Wildman–Crippen LogP) is 2.66. The van der Waals surface area contributed by atoms with E-state index < -0.39 is 11.7 Å². The number of carbonyl (C=O) groups excluding carboxylic acids is 1. The zero-order valence-corrected chi connectivity index (χ0v) is 18.6. The van der Waals surface area contributed by atoms with Gasteiger partial charge in [0.2, 0.25) is 5.91 Å². The Morgan fingerprint density at radius 3 is 2.55 bits per heavy atom. The summed E-state index contributed by atoms with van der Waals surface area (Å²) < 4.78 is 20.1. The number of rotatable bonds is 6. The molecule has 0 radical (unpaired) electrons. The molecule has 8 nitrogen and oxygen atoms in total. The van der Waals surface area contributed by atoms with E-state index in [0.29, 0.717) is 24.6 Å². The number of nitrogens with zero attached hydrogens (tertiary/aromatic N) is 4. The van der Waals surface area contributed by atoms with Crippen molar-refractivity contribution < 1.29 is 13.9 Å². The molecular formula is C24H26FN5O3. The van der Waals surface area contributed by atoms with E-state index in [-0.39, 0.29) is 12.1 Å². The summed E-state index contributed by atoms with van der Waals surface area (Å²) in [6.07, 6.45) is 0. The lowest BCUT2D eigenvalue weighted by atomic mass is 10.2. The molecule has 0 atom stereocenters. The van der Waals surface area contributed by atoms with Gasteiger partial charge < -0.3 is 19.9 Å². The average molecular weight is 452 g/mol. The maximum Gasteiger partial charge on any atom is 0.267 e. The van der Waals surface area contributed by atoms with Crippen LogP contribution in [0.2, 0.25) is 0 Å². The van der Waals surface area contributed by atoms with Crippen LogP contribution < -0.4 is 25.4 Å². The molecule has 1 saturated heterocycles.